The second-order valence-corrected chi connectivity index (χ2v) is 9.59. The third-order valence-electron chi connectivity index (χ3n) is 6.52. The minimum atomic E-state index is -1.52. The van der Waals surface area contributed by atoms with E-state index in [1.54, 1.807) is 48.5 Å². The van der Waals surface area contributed by atoms with Crippen molar-refractivity contribution in [2.45, 2.75) is 83.9 Å². The monoisotopic (exact) mass is 514 g/mol. The smallest absolute Gasteiger partial charge is 0.343 e. The molecular weight excluding hydrogens is 475 g/mol. The van der Waals surface area contributed by atoms with Crippen LogP contribution in [0.15, 0.2) is 48.5 Å². The van der Waals surface area contributed by atoms with E-state index < -0.39 is 18.1 Å². The first-order valence-corrected chi connectivity index (χ1v) is 13.5. The molecule has 0 aliphatic heterocycles. The van der Waals surface area contributed by atoms with Crippen molar-refractivity contribution >= 4 is 11.9 Å². The van der Waals surface area contributed by atoms with E-state index in [4.69, 9.17) is 18.9 Å². The van der Waals surface area contributed by atoms with Crippen molar-refractivity contribution in [1.29, 1.82) is 0 Å². The van der Waals surface area contributed by atoms with E-state index in [-0.39, 0.29) is 12.5 Å². The molecule has 1 fully saturated rings. The zero-order chi connectivity index (χ0) is 26.5. The van der Waals surface area contributed by atoms with E-state index in [1.165, 1.54) is 0 Å². The molecule has 2 aromatic carbocycles. The summed E-state index contributed by atoms with van der Waals surface area (Å²) < 4.78 is 36.2. The van der Waals surface area contributed by atoms with Crippen LogP contribution >= 0.6 is 0 Å². The van der Waals surface area contributed by atoms with E-state index in [9.17, 15) is 14.0 Å². The summed E-state index contributed by atoms with van der Waals surface area (Å²) in [7, 11) is 0. The van der Waals surface area contributed by atoms with Gasteiger partial charge in [-0.05, 0) is 93.0 Å². The molecule has 0 amide bonds. The fourth-order valence-electron chi connectivity index (χ4n) is 4.16. The van der Waals surface area contributed by atoms with Crippen molar-refractivity contribution in [3.63, 3.8) is 0 Å². The average molecular weight is 515 g/mol. The zero-order valence-electron chi connectivity index (χ0n) is 22.0. The average Bonchev–Trinajstić information content (AvgIpc) is 2.92. The molecule has 3 rings (SSSR count). The maximum Gasteiger partial charge on any atom is 0.343 e. The van der Waals surface area contributed by atoms with Gasteiger partial charge in [-0.1, -0.05) is 33.1 Å². The van der Waals surface area contributed by atoms with Crippen LogP contribution in [-0.4, -0.2) is 37.4 Å². The molecule has 202 valence electrons. The summed E-state index contributed by atoms with van der Waals surface area (Å²) in [6.45, 7) is 5.28. The Labute approximate surface area is 219 Å². The number of esters is 2. The van der Waals surface area contributed by atoms with Gasteiger partial charge in [0.15, 0.2) is 6.17 Å². The molecule has 37 heavy (non-hydrogen) atoms. The van der Waals surface area contributed by atoms with Crippen molar-refractivity contribution in [2.24, 2.45) is 5.92 Å². The van der Waals surface area contributed by atoms with Gasteiger partial charge < -0.3 is 18.9 Å². The van der Waals surface area contributed by atoms with Gasteiger partial charge in [0.1, 0.15) is 23.4 Å². The number of carbonyl (C=O) groups excluding carboxylic acids is 2. The predicted octanol–water partition coefficient (Wildman–Crippen LogP) is 7.09. The van der Waals surface area contributed by atoms with Gasteiger partial charge in [-0.15, -0.1) is 0 Å². The number of alkyl halides is 1. The second kappa shape index (κ2) is 15.2. The van der Waals surface area contributed by atoms with Crippen LogP contribution in [0, 0.1) is 5.92 Å². The largest absolute Gasteiger partial charge is 0.494 e. The Balaban J connectivity index is 1.36. The van der Waals surface area contributed by atoms with Crippen LogP contribution in [0.4, 0.5) is 4.39 Å². The van der Waals surface area contributed by atoms with Crippen molar-refractivity contribution < 1.29 is 32.9 Å². The Kier molecular flexibility index (Phi) is 11.7. The molecule has 1 aliphatic rings. The Morgan fingerprint density at radius 1 is 0.838 bits per heavy atom. The molecule has 2 aromatic rings. The highest BCUT2D eigenvalue weighted by Gasteiger charge is 2.27. The van der Waals surface area contributed by atoms with E-state index in [2.05, 4.69) is 6.92 Å². The number of halogens is 1. The molecule has 0 bridgehead atoms. The standard InChI is InChI=1S/C30H39FO6/c1-3-5-7-28(31)30(33)37-26-12-8-22(9-13-26)21-35-25-16-18-27(19-17-25)36-29(32)23-10-14-24(15-11-23)34-20-6-4-2/h10-11,14-19,22,26,28H,3-9,12-13,20-21H2,1-2H3/t22?,26?,28-/m0/s1. The molecule has 1 aliphatic carbocycles. The molecule has 0 saturated heterocycles. The molecule has 0 heterocycles. The fourth-order valence-corrected chi connectivity index (χ4v) is 4.16. The lowest BCUT2D eigenvalue weighted by Crippen LogP contribution is -2.30. The molecule has 1 saturated carbocycles. The number of carbonyl (C=O) groups is 2. The third-order valence-corrected chi connectivity index (χ3v) is 6.52. The first kappa shape index (κ1) is 28.5. The molecule has 0 unspecified atom stereocenters. The van der Waals surface area contributed by atoms with E-state index in [1.807, 2.05) is 6.92 Å². The molecule has 6 nitrogen and oxygen atoms in total. The Morgan fingerprint density at radius 2 is 1.43 bits per heavy atom. The van der Waals surface area contributed by atoms with Gasteiger partial charge in [-0.2, -0.15) is 0 Å². The van der Waals surface area contributed by atoms with Crippen molar-refractivity contribution in [3.05, 3.63) is 54.1 Å². The normalized spacial score (nSPS) is 18.0. The molecule has 1 atom stereocenters. The lowest BCUT2D eigenvalue weighted by Gasteiger charge is -2.28. The second-order valence-electron chi connectivity index (χ2n) is 9.59. The van der Waals surface area contributed by atoms with Gasteiger partial charge in [-0.3, -0.25) is 0 Å². The first-order chi connectivity index (χ1) is 18.0. The Hall–Kier alpha value is -3.09. The van der Waals surface area contributed by atoms with Crippen LogP contribution in [-0.2, 0) is 9.53 Å². The molecule has 0 spiro atoms. The van der Waals surface area contributed by atoms with Gasteiger partial charge in [0.05, 0.1) is 18.8 Å². The van der Waals surface area contributed by atoms with Crippen LogP contribution in [0.2, 0.25) is 0 Å². The number of unbranched alkanes of at least 4 members (excludes halogenated alkanes) is 2. The summed E-state index contributed by atoms with van der Waals surface area (Å²) in [5.74, 6) is 1.06. The lowest BCUT2D eigenvalue weighted by molar-refractivity contribution is -0.157. The summed E-state index contributed by atoms with van der Waals surface area (Å²) in [6, 6.07) is 13.9. The fraction of sp³-hybridized carbons (Fsp3) is 0.533. The Bertz CT molecular complexity index is 951. The van der Waals surface area contributed by atoms with Gasteiger partial charge in [0.25, 0.3) is 0 Å². The number of hydrogen-bond acceptors (Lipinski definition) is 6. The first-order valence-electron chi connectivity index (χ1n) is 13.5. The number of ether oxygens (including phenoxy) is 4. The van der Waals surface area contributed by atoms with Crippen LogP contribution in [0.3, 0.4) is 0 Å². The number of benzene rings is 2. The summed E-state index contributed by atoms with van der Waals surface area (Å²) >= 11 is 0. The lowest BCUT2D eigenvalue weighted by atomic mass is 9.88. The van der Waals surface area contributed by atoms with E-state index in [0.29, 0.717) is 42.6 Å². The molecule has 7 heteroatoms. The van der Waals surface area contributed by atoms with Crippen LogP contribution in [0.1, 0.15) is 82.0 Å². The summed E-state index contributed by atoms with van der Waals surface area (Å²) in [4.78, 5) is 24.3. The molecule has 0 N–H and O–H groups in total. The van der Waals surface area contributed by atoms with Crippen molar-refractivity contribution in [3.8, 4) is 17.2 Å². The highest BCUT2D eigenvalue weighted by molar-refractivity contribution is 5.91. The maximum atomic E-state index is 13.8. The van der Waals surface area contributed by atoms with Crippen LogP contribution in [0.5, 0.6) is 17.2 Å². The highest BCUT2D eigenvalue weighted by Crippen LogP contribution is 2.28. The summed E-state index contributed by atoms with van der Waals surface area (Å²) in [6.07, 6.45) is 5.29. The quantitative estimate of drug-likeness (QED) is 0.152. The van der Waals surface area contributed by atoms with Gasteiger partial charge >= 0.3 is 11.9 Å². The molecule has 0 aromatic heterocycles. The summed E-state index contributed by atoms with van der Waals surface area (Å²) in [5.41, 5.74) is 0.451. The maximum absolute atomic E-state index is 13.8. The van der Waals surface area contributed by atoms with Gasteiger partial charge in [0.2, 0.25) is 0 Å². The molecule has 0 radical (unpaired) electrons. The minimum Gasteiger partial charge on any atom is -0.494 e. The predicted molar refractivity (Wildman–Crippen MR) is 140 cm³/mol. The van der Waals surface area contributed by atoms with Crippen LogP contribution < -0.4 is 14.2 Å². The van der Waals surface area contributed by atoms with Crippen LogP contribution in [0.25, 0.3) is 0 Å². The molecular formula is C30H39FO6. The number of hydrogen-bond donors (Lipinski definition) is 0. The third kappa shape index (κ3) is 9.71. The Morgan fingerprint density at radius 3 is 2.08 bits per heavy atom. The van der Waals surface area contributed by atoms with Crippen molar-refractivity contribution in [1.82, 2.24) is 0 Å². The van der Waals surface area contributed by atoms with Gasteiger partial charge in [0, 0.05) is 0 Å². The van der Waals surface area contributed by atoms with Gasteiger partial charge in [-0.25, -0.2) is 14.0 Å². The number of rotatable bonds is 14. The highest BCUT2D eigenvalue weighted by atomic mass is 19.1. The van der Waals surface area contributed by atoms with E-state index >= 15 is 0 Å². The minimum absolute atomic E-state index is 0.206. The zero-order valence-corrected chi connectivity index (χ0v) is 22.0. The topological polar surface area (TPSA) is 71.1 Å². The summed E-state index contributed by atoms with van der Waals surface area (Å²) in [5, 5.41) is 0. The van der Waals surface area contributed by atoms with E-state index in [0.717, 1.165) is 50.7 Å². The SMILES string of the molecule is CCCCOc1ccc(C(=O)Oc2ccc(OCC3CCC(OC(=O)[C@@H](F)CCCC)CC3)cc2)cc1. The van der Waals surface area contributed by atoms with Crippen molar-refractivity contribution in [2.75, 3.05) is 13.2 Å².